The van der Waals surface area contributed by atoms with Crippen LogP contribution in [0.15, 0.2) is 49.1 Å². The van der Waals surface area contributed by atoms with Crippen molar-refractivity contribution < 1.29 is 9.53 Å². The lowest BCUT2D eigenvalue weighted by Gasteiger charge is -2.29. The van der Waals surface area contributed by atoms with Gasteiger partial charge in [-0.1, -0.05) is 17.7 Å². The van der Waals surface area contributed by atoms with Crippen LogP contribution in [0, 0.1) is 6.92 Å². The Kier molecular flexibility index (Phi) is 6.06. The summed E-state index contributed by atoms with van der Waals surface area (Å²) in [6.07, 6.45) is 6.38. The number of ether oxygens (including phenoxy) is 1. The topological polar surface area (TPSA) is 92.3 Å². The van der Waals surface area contributed by atoms with Crippen molar-refractivity contribution in [2.45, 2.75) is 6.92 Å². The fourth-order valence-electron chi connectivity index (χ4n) is 3.16. The van der Waals surface area contributed by atoms with Gasteiger partial charge in [0.15, 0.2) is 5.82 Å². The maximum absolute atomic E-state index is 12.3. The van der Waals surface area contributed by atoms with Crippen molar-refractivity contribution >= 4 is 34.8 Å². The molecule has 154 valence electrons. The number of morpholine rings is 1. The van der Waals surface area contributed by atoms with Crippen molar-refractivity contribution in [3.05, 3.63) is 59.6 Å². The smallest absolute Gasteiger partial charge is 0.324 e. The average molecular weight is 425 g/mol. The number of pyridine rings is 1. The van der Waals surface area contributed by atoms with E-state index in [2.05, 4.69) is 30.5 Å². The van der Waals surface area contributed by atoms with Crippen molar-refractivity contribution in [2.75, 3.05) is 41.8 Å². The number of hydrogen-bond donors (Lipinski definition) is 2. The maximum atomic E-state index is 12.3. The number of aryl methyl sites for hydroxylation is 1. The van der Waals surface area contributed by atoms with E-state index >= 15 is 0 Å². The number of rotatable bonds is 4. The summed E-state index contributed by atoms with van der Waals surface area (Å²) in [6, 6.07) is 7.18. The molecular formula is C21H21ClN6O2. The number of hydrogen-bond acceptors (Lipinski definition) is 6. The SMILES string of the molecule is Cc1ccncc1NC(=O)Nc1cncc(-c2ccc(N3CCOCC3)c(Cl)c2)n1. The molecule has 2 amide bonds. The van der Waals surface area contributed by atoms with E-state index in [1.165, 1.54) is 6.20 Å². The van der Waals surface area contributed by atoms with Crippen LogP contribution in [0.25, 0.3) is 11.3 Å². The molecule has 0 atom stereocenters. The number of benzene rings is 1. The van der Waals surface area contributed by atoms with Crippen LogP contribution in [0.5, 0.6) is 0 Å². The minimum Gasteiger partial charge on any atom is -0.378 e. The molecule has 30 heavy (non-hydrogen) atoms. The molecule has 2 aromatic heterocycles. The Morgan fingerprint density at radius 1 is 1.10 bits per heavy atom. The molecule has 0 spiro atoms. The normalized spacial score (nSPS) is 13.7. The van der Waals surface area contributed by atoms with Gasteiger partial charge in [0, 0.05) is 24.8 Å². The Balaban J connectivity index is 1.48. The quantitative estimate of drug-likeness (QED) is 0.658. The third-order valence-electron chi connectivity index (χ3n) is 4.76. The van der Waals surface area contributed by atoms with Gasteiger partial charge >= 0.3 is 6.03 Å². The molecule has 3 heterocycles. The zero-order chi connectivity index (χ0) is 20.9. The molecule has 9 heteroatoms. The van der Waals surface area contributed by atoms with Crippen LogP contribution in [0.4, 0.5) is 22.0 Å². The molecular weight excluding hydrogens is 404 g/mol. The number of halogens is 1. The Labute approximate surface area is 179 Å². The second kappa shape index (κ2) is 9.06. The van der Waals surface area contributed by atoms with Crippen molar-refractivity contribution in [3.63, 3.8) is 0 Å². The van der Waals surface area contributed by atoms with E-state index in [0.29, 0.717) is 35.4 Å². The van der Waals surface area contributed by atoms with Crippen LogP contribution in [0.1, 0.15) is 5.56 Å². The van der Waals surface area contributed by atoms with Gasteiger partial charge in [0.2, 0.25) is 0 Å². The minimum atomic E-state index is -0.418. The van der Waals surface area contributed by atoms with Crippen LogP contribution in [-0.2, 0) is 4.74 Å². The molecule has 3 aromatic rings. The lowest BCUT2D eigenvalue weighted by molar-refractivity contribution is 0.122. The maximum Gasteiger partial charge on any atom is 0.324 e. The average Bonchev–Trinajstić information content (AvgIpc) is 2.76. The number of nitrogens with zero attached hydrogens (tertiary/aromatic N) is 4. The molecule has 0 saturated carbocycles. The highest BCUT2D eigenvalue weighted by Crippen LogP contribution is 2.31. The first-order valence-electron chi connectivity index (χ1n) is 9.53. The highest BCUT2D eigenvalue weighted by Gasteiger charge is 2.15. The Hall–Kier alpha value is -3.23. The van der Waals surface area contributed by atoms with Gasteiger partial charge in [-0.05, 0) is 30.7 Å². The van der Waals surface area contributed by atoms with E-state index in [4.69, 9.17) is 16.3 Å². The van der Waals surface area contributed by atoms with Gasteiger partial charge in [0.1, 0.15) is 0 Å². The second-order valence-corrected chi connectivity index (χ2v) is 7.23. The number of anilines is 3. The molecule has 1 aliphatic heterocycles. The van der Waals surface area contributed by atoms with E-state index in [-0.39, 0.29) is 0 Å². The summed E-state index contributed by atoms with van der Waals surface area (Å²) in [7, 11) is 0. The van der Waals surface area contributed by atoms with Crippen LogP contribution in [0.2, 0.25) is 5.02 Å². The van der Waals surface area contributed by atoms with Gasteiger partial charge in [-0.25, -0.2) is 9.78 Å². The zero-order valence-corrected chi connectivity index (χ0v) is 17.2. The molecule has 0 bridgehead atoms. The predicted octanol–water partition coefficient (Wildman–Crippen LogP) is 3.98. The molecule has 1 saturated heterocycles. The van der Waals surface area contributed by atoms with E-state index in [1.54, 1.807) is 18.6 Å². The highest BCUT2D eigenvalue weighted by atomic mass is 35.5. The first kappa shape index (κ1) is 20.1. The lowest BCUT2D eigenvalue weighted by Crippen LogP contribution is -2.36. The van der Waals surface area contributed by atoms with Crippen molar-refractivity contribution in [2.24, 2.45) is 0 Å². The van der Waals surface area contributed by atoms with Crippen LogP contribution >= 0.6 is 11.6 Å². The summed E-state index contributed by atoms with van der Waals surface area (Å²) in [5.41, 5.74) is 3.94. The number of carbonyl (C=O) groups is 1. The second-order valence-electron chi connectivity index (χ2n) is 6.82. The fourth-order valence-corrected chi connectivity index (χ4v) is 3.46. The monoisotopic (exact) mass is 424 g/mol. The lowest BCUT2D eigenvalue weighted by atomic mass is 10.1. The van der Waals surface area contributed by atoms with Gasteiger partial charge < -0.3 is 15.0 Å². The third kappa shape index (κ3) is 4.67. The molecule has 1 aromatic carbocycles. The van der Waals surface area contributed by atoms with Gasteiger partial charge in [-0.15, -0.1) is 0 Å². The Morgan fingerprint density at radius 3 is 2.70 bits per heavy atom. The summed E-state index contributed by atoms with van der Waals surface area (Å²) in [5, 5.41) is 6.09. The molecule has 1 fully saturated rings. The largest absolute Gasteiger partial charge is 0.378 e. The van der Waals surface area contributed by atoms with E-state index in [0.717, 1.165) is 29.9 Å². The number of amides is 2. The molecule has 8 nitrogen and oxygen atoms in total. The first-order valence-corrected chi connectivity index (χ1v) is 9.91. The molecule has 2 N–H and O–H groups in total. The van der Waals surface area contributed by atoms with Crippen LogP contribution < -0.4 is 15.5 Å². The minimum absolute atomic E-state index is 0.333. The number of nitrogens with one attached hydrogen (secondary N) is 2. The van der Waals surface area contributed by atoms with Crippen molar-refractivity contribution in [1.29, 1.82) is 0 Å². The summed E-state index contributed by atoms with van der Waals surface area (Å²) in [5.74, 6) is 0.333. The number of aromatic nitrogens is 3. The van der Waals surface area contributed by atoms with Gasteiger partial charge in [0.25, 0.3) is 0 Å². The predicted molar refractivity (Wildman–Crippen MR) is 117 cm³/mol. The molecule has 0 unspecified atom stereocenters. The van der Waals surface area contributed by atoms with Crippen LogP contribution in [-0.4, -0.2) is 47.3 Å². The summed E-state index contributed by atoms with van der Waals surface area (Å²) < 4.78 is 5.40. The van der Waals surface area contributed by atoms with E-state index in [1.807, 2.05) is 31.2 Å². The third-order valence-corrected chi connectivity index (χ3v) is 5.06. The molecule has 0 aliphatic carbocycles. The van der Waals surface area contributed by atoms with Gasteiger partial charge in [0.05, 0.1) is 53.9 Å². The highest BCUT2D eigenvalue weighted by molar-refractivity contribution is 6.33. The molecule has 4 rings (SSSR count). The standard InChI is InChI=1S/C21H21ClN6O2/c1-14-4-5-23-11-17(14)26-21(29)27-20-13-24-12-18(25-20)15-2-3-19(16(22)10-15)28-6-8-30-9-7-28/h2-5,10-13H,6-9H2,1H3,(H2,25,26,27,29). The number of carbonyl (C=O) groups excluding carboxylic acids is 1. The fraction of sp³-hybridized carbons (Fsp3) is 0.238. The Bertz CT molecular complexity index is 1060. The molecule has 0 radical (unpaired) electrons. The molecule has 1 aliphatic rings. The van der Waals surface area contributed by atoms with Crippen molar-refractivity contribution in [1.82, 2.24) is 15.0 Å². The number of urea groups is 1. The first-order chi connectivity index (χ1) is 14.6. The van der Waals surface area contributed by atoms with Gasteiger partial charge in [-0.2, -0.15) is 0 Å². The van der Waals surface area contributed by atoms with Gasteiger partial charge in [-0.3, -0.25) is 15.3 Å². The summed E-state index contributed by atoms with van der Waals surface area (Å²) in [4.78, 5) is 27.2. The summed E-state index contributed by atoms with van der Waals surface area (Å²) in [6.45, 7) is 4.89. The summed E-state index contributed by atoms with van der Waals surface area (Å²) >= 11 is 6.53. The Morgan fingerprint density at radius 2 is 1.93 bits per heavy atom. The van der Waals surface area contributed by atoms with Crippen LogP contribution in [0.3, 0.4) is 0 Å². The van der Waals surface area contributed by atoms with Crippen molar-refractivity contribution in [3.8, 4) is 11.3 Å². The van der Waals surface area contributed by atoms with E-state index in [9.17, 15) is 4.79 Å². The zero-order valence-electron chi connectivity index (χ0n) is 16.4. The van der Waals surface area contributed by atoms with E-state index < -0.39 is 6.03 Å².